The van der Waals surface area contributed by atoms with Crippen LogP contribution in [-0.2, 0) is 0 Å². The fourth-order valence-corrected chi connectivity index (χ4v) is 2.82. The van der Waals surface area contributed by atoms with Crippen molar-refractivity contribution >= 4 is 23.0 Å². The summed E-state index contributed by atoms with van der Waals surface area (Å²) in [5.41, 5.74) is 2.36. The molecule has 0 radical (unpaired) electrons. The largest absolute Gasteiger partial charge is 0.381 e. The Bertz CT molecular complexity index is 399. The van der Waals surface area contributed by atoms with E-state index in [0.717, 1.165) is 22.9 Å². The second-order valence-electron chi connectivity index (χ2n) is 5.27. The van der Waals surface area contributed by atoms with Gasteiger partial charge in [0.15, 0.2) is 0 Å². The van der Waals surface area contributed by atoms with Crippen molar-refractivity contribution in [2.24, 2.45) is 0 Å². The number of anilines is 2. The Morgan fingerprint density at radius 3 is 2.69 bits per heavy atom. The van der Waals surface area contributed by atoms with Gasteiger partial charge in [0.05, 0.1) is 21.9 Å². The zero-order chi connectivity index (χ0) is 11.9. The Balaban J connectivity index is 2.57. The van der Waals surface area contributed by atoms with Crippen molar-refractivity contribution in [2.45, 2.75) is 39.3 Å². The third kappa shape index (κ3) is 1.75. The molecule has 1 aliphatic heterocycles. The Labute approximate surface area is 103 Å². The first-order valence-corrected chi connectivity index (χ1v) is 6.13. The van der Waals surface area contributed by atoms with Crippen LogP contribution in [0.2, 0.25) is 5.02 Å². The van der Waals surface area contributed by atoms with Crippen molar-refractivity contribution in [3.05, 3.63) is 23.2 Å². The van der Waals surface area contributed by atoms with Gasteiger partial charge in [0, 0.05) is 12.6 Å². The standard InChI is InChI=1S/C13H19ClN2/c1-9(2)16-12-10(14)6-5-7-11(12)15-8-13(16,3)4/h5-7,9,15H,8H2,1-4H3. The Hall–Kier alpha value is -0.890. The summed E-state index contributed by atoms with van der Waals surface area (Å²) in [5, 5.41) is 4.28. The fraction of sp³-hybridized carbons (Fsp3) is 0.538. The molecular formula is C13H19ClN2. The van der Waals surface area contributed by atoms with Crippen LogP contribution in [0.25, 0.3) is 0 Å². The summed E-state index contributed by atoms with van der Waals surface area (Å²) in [5.74, 6) is 0. The van der Waals surface area contributed by atoms with E-state index in [0.29, 0.717) is 6.04 Å². The summed E-state index contributed by atoms with van der Waals surface area (Å²) in [7, 11) is 0. The van der Waals surface area contributed by atoms with Gasteiger partial charge in [-0.25, -0.2) is 0 Å². The topological polar surface area (TPSA) is 15.3 Å². The average molecular weight is 239 g/mol. The van der Waals surface area contributed by atoms with Gasteiger partial charge < -0.3 is 10.2 Å². The molecule has 0 aliphatic carbocycles. The van der Waals surface area contributed by atoms with Crippen LogP contribution >= 0.6 is 11.6 Å². The van der Waals surface area contributed by atoms with E-state index in [1.807, 2.05) is 12.1 Å². The van der Waals surface area contributed by atoms with E-state index in [9.17, 15) is 0 Å². The highest BCUT2D eigenvalue weighted by Crippen LogP contribution is 2.42. The summed E-state index contributed by atoms with van der Waals surface area (Å²) >= 11 is 6.33. The van der Waals surface area contributed by atoms with Gasteiger partial charge in [-0.1, -0.05) is 17.7 Å². The molecule has 0 saturated heterocycles. The van der Waals surface area contributed by atoms with Crippen molar-refractivity contribution in [1.82, 2.24) is 0 Å². The summed E-state index contributed by atoms with van der Waals surface area (Å²) < 4.78 is 0. The maximum atomic E-state index is 6.33. The minimum absolute atomic E-state index is 0.0894. The highest BCUT2D eigenvalue weighted by atomic mass is 35.5. The molecule has 88 valence electrons. The summed E-state index contributed by atoms with van der Waals surface area (Å²) in [4.78, 5) is 2.40. The van der Waals surface area contributed by atoms with E-state index >= 15 is 0 Å². The number of nitrogens with one attached hydrogen (secondary N) is 1. The van der Waals surface area contributed by atoms with Crippen molar-refractivity contribution < 1.29 is 0 Å². The predicted octanol–water partition coefficient (Wildman–Crippen LogP) is 3.76. The first kappa shape index (κ1) is 11.6. The van der Waals surface area contributed by atoms with Gasteiger partial charge in [0.1, 0.15) is 0 Å². The molecule has 16 heavy (non-hydrogen) atoms. The minimum Gasteiger partial charge on any atom is -0.381 e. The summed E-state index contributed by atoms with van der Waals surface area (Å²) in [6.07, 6.45) is 0. The monoisotopic (exact) mass is 238 g/mol. The van der Waals surface area contributed by atoms with E-state index in [1.54, 1.807) is 0 Å². The van der Waals surface area contributed by atoms with E-state index in [2.05, 4.69) is 44.0 Å². The van der Waals surface area contributed by atoms with Crippen LogP contribution in [0, 0.1) is 0 Å². The van der Waals surface area contributed by atoms with Crippen LogP contribution in [0.4, 0.5) is 11.4 Å². The quantitative estimate of drug-likeness (QED) is 0.802. The van der Waals surface area contributed by atoms with Crippen LogP contribution in [0.5, 0.6) is 0 Å². The lowest BCUT2D eigenvalue weighted by Crippen LogP contribution is -2.55. The summed E-state index contributed by atoms with van der Waals surface area (Å²) in [6.45, 7) is 9.84. The van der Waals surface area contributed by atoms with Crippen LogP contribution in [0.1, 0.15) is 27.7 Å². The minimum atomic E-state index is 0.0894. The average Bonchev–Trinajstić information content (AvgIpc) is 2.17. The normalized spacial score (nSPS) is 18.2. The molecule has 0 unspecified atom stereocenters. The Kier molecular flexibility index (Phi) is 2.79. The third-order valence-corrected chi connectivity index (χ3v) is 3.41. The number of benzene rings is 1. The zero-order valence-corrected chi connectivity index (χ0v) is 11.1. The number of para-hydroxylation sites is 1. The van der Waals surface area contributed by atoms with E-state index in [-0.39, 0.29) is 5.54 Å². The molecule has 1 aromatic rings. The second-order valence-corrected chi connectivity index (χ2v) is 5.67. The number of nitrogens with zero attached hydrogens (tertiary/aromatic N) is 1. The van der Waals surface area contributed by atoms with Crippen molar-refractivity contribution in [2.75, 3.05) is 16.8 Å². The van der Waals surface area contributed by atoms with Crippen molar-refractivity contribution in [3.8, 4) is 0 Å². The van der Waals surface area contributed by atoms with Gasteiger partial charge in [-0.05, 0) is 39.8 Å². The van der Waals surface area contributed by atoms with Crippen molar-refractivity contribution in [1.29, 1.82) is 0 Å². The molecule has 0 aromatic heterocycles. The number of rotatable bonds is 1. The SMILES string of the molecule is CC(C)N1c2c(Cl)cccc2NCC1(C)C. The number of hydrogen-bond acceptors (Lipinski definition) is 2. The van der Waals surface area contributed by atoms with E-state index in [1.165, 1.54) is 0 Å². The van der Waals surface area contributed by atoms with Crippen LogP contribution < -0.4 is 10.2 Å². The molecule has 3 heteroatoms. The van der Waals surface area contributed by atoms with Gasteiger partial charge in [-0.3, -0.25) is 0 Å². The summed E-state index contributed by atoms with van der Waals surface area (Å²) in [6, 6.07) is 6.48. The Morgan fingerprint density at radius 2 is 2.06 bits per heavy atom. The lowest BCUT2D eigenvalue weighted by atomic mass is 9.95. The van der Waals surface area contributed by atoms with Gasteiger partial charge in [-0.15, -0.1) is 0 Å². The molecule has 0 saturated carbocycles. The third-order valence-electron chi connectivity index (χ3n) is 3.11. The molecular weight excluding hydrogens is 220 g/mol. The molecule has 0 atom stereocenters. The molecule has 1 aromatic carbocycles. The van der Waals surface area contributed by atoms with E-state index < -0.39 is 0 Å². The maximum absolute atomic E-state index is 6.33. The van der Waals surface area contributed by atoms with Crippen LogP contribution in [-0.4, -0.2) is 18.1 Å². The highest BCUT2D eigenvalue weighted by molar-refractivity contribution is 6.34. The lowest BCUT2D eigenvalue weighted by molar-refractivity contribution is 0.439. The van der Waals surface area contributed by atoms with Crippen molar-refractivity contribution in [3.63, 3.8) is 0 Å². The molecule has 1 aliphatic rings. The van der Waals surface area contributed by atoms with Gasteiger partial charge in [-0.2, -0.15) is 0 Å². The molecule has 2 rings (SSSR count). The van der Waals surface area contributed by atoms with Gasteiger partial charge in [0.2, 0.25) is 0 Å². The van der Waals surface area contributed by atoms with Gasteiger partial charge in [0.25, 0.3) is 0 Å². The smallest absolute Gasteiger partial charge is 0.0798 e. The first-order chi connectivity index (χ1) is 7.43. The van der Waals surface area contributed by atoms with Crippen LogP contribution in [0.15, 0.2) is 18.2 Å². The van der Waals surface area contributed by atoms with E-state index in [4.69, 9.17) is 11.6 Å². The molecule has 1 N–H and O–H groups in total. The predicted molar refractivity (Wildman–Crippen MR) is 71.6 cm³/mol. The number of hydrogen-bond donors (Lipinski definition) is 1. The zero-order valence-electron chi connectivity index (χ0n) is 10.3. The maximum Gasteiger partial charge on any atom is 0.0798 e. The molecule has 0 amide bonds. The lowest BCUT2D eigenvalue weighted by Gasteiger charge is -2.48. The molecule has 0 spiro atoms. The van der Waals surface area contributed by atoms with Crippen LogP contribution in [0.3, 0.4) is 0 Å². The second kappa shape index (κ2) is 3.85. The van der Waals surface area contributed by atoms with Gasteiger partial charge >= 0.3 is 0 Å². The highest BCUT2D eigenvalue weighted by Gasteiger charge is 2.35. The first-order valence-electron chi connectivity index (χ1n) is 5.75. The molecule has 0 fully saturated rings. The Morgan fingerprint density at radius 1 is 1.38 bits per heavy atom. The molecule has 2 nitrogen and oxygen atoms in total. The molecule has 1 heterocycles. The fourth-order valence-electron chi connectivity index (χ4n) is 2.56. The molecule has 0 bridgehead atoms. The number of fused-ring (bicyclic) bond motifs is 1. The number of halogens is 1.